The molecule has 1 aromatic carbocycles. The molecule has 0 spiro atoms. The summed E-state index contributed by atoms with van der Waals surface area (Å²) in [4.78, 5) is 12.9. The first kappa shape index (κ1) is 10.5. The van der Waals surface area contributed by atoms with E-state index in [0.29, 0.717) is 18.5 Å². The van der Waals surface area contributed by atoms with Gasteiger partial charge in [0.2, 0.25) is 0 Å². The Morgan fingerprint density at radius 2 is 2.25 bits per heavy atom. The van der Waals surface area contributed by atoms with Gasteiger partial charge in [-0.25, -0.2) is 4.79 Å². The number of nitrogens with zero attached hydrogens (tertiary/aromatic N) is 2. The Morgan fingerprint density at radius 1 is 1.50 bits per heavy atom. The average molecular weight is 216 g/mol. The first-order chi connectivity index (χ1) is 7.74. The van der Waals surface area contributed by atoms with Crippen LogP contribution in [0.15, 0.2) is 24.3 Å². The molecule has 0 aromatic heterocycles. The van der Waals surface area contributed by atoms with Gasteiger partial charge in [0.05, 0.1) is 11.3 Å². The minimum absolute atomic E-state index is 0.491. The third kappa shape index (κ3) is 1.72. The van der Waals surface area contributed by atoms with E-state index in [9.17, 15) is 4.79 Å². The monoisotopic (exact) mass is 216 g/mol. The molecule has 1 N–H and O–H groups in total. The summed E-state index contributed by atoms with van der Waals surface area (Å²) in [6, 6.07) is 8.74. The molecular formula is C12H12N2O2. The van der Waals surface area contributed by atoms with Crippen molar-refractivity contribution >= 4 is 11.7 Å². The van der Waals surface area contributed by atoms with Crippen molar-refractivity contribution in [2.45, 2.75) is 18.9 Å². The molecule has 0 amide bonds. The Kier molecular flexibility index (Phi) is 2.78. The Balaban J connectivity index is 2.37. The van der Waals surface area contributed by atoms with E-state index in [1.54, 1.807) is 23.1 Å². The molecule has 4 heteroatoms. The Labute approximate surface area is 93.7 Å². The molecular weight excluding hydrogens is 204 g/mol. The van der Waals surface area contributed by atoms with Gasteiger partial charge < -0.3 is 10.0 Å². The van der Waals surface area contributed by atoms with E-state index in [-0.39, 0.29) is 0 Å². The van der Waals surface area contributed by atoms with E-state index >= 15 is 0 Å². The van der Waals surface area contributed by atoms with Crippen LogP contribution in [0.1, 0.15) is 18.4 Å². The molecule has 1 aromatic rings. The molecule has 4 nitrogen and oxygen atoms in total. The maximum absolute atomic E-state index is 11.1. The van der Waals surface area contributed by atoms with Gasteiger partial charge in [-0.2, -0.15) is 5.26 Å². The predicted molar refractivity (Wildman–Crippen MR) is 59.2 cm³/mol. The van der Waals surface area contributed by atoms with Crippen molar-refractivity contribution in [1.29, 1.82) is 5.26 Å². The van der Waals surface area contributed by atoms with Crippen LogP contribution in [0.5, 0.6) is 0 Å². The predicted octanol–water partition coefficient (Wildman–Crippen LogP) is 1.61. The SMILES string of the molecule is N#Cc1ccccc1N1CCC[C@H]1C(=O)O. The van der Waals surface area contributed by atoms with E-state index < -0.39 is 12.0 Å². The van der Waals surface area contributed by atoms with Crippen LogP contribution in [-0.2, 0) is 4.79 Å². The summed E-state index contributed by atoms with van der Waals surface area (Å²) in [5, 5.41) is 18.1. The lowest BCUT2D eigenvalue weighted by atomic mass is 10.1. The van der Waals surface area contributed by atoms with Crippen molar-refractivity contribution in [2.24, 2.45) is 0 Å². The van der Waals surface area contributed by atoms with Gasteiger partial charge in [-0.3, -0.25) is 0 Å². The van der Waals surface area contributed by atoms with Crippen molar-refractivity contribution < 1.29 is 9.90 Å². The van der Waals surface area contributed by atoms with E-state index in [2.05, 4.69) is 6.07 Å². The summed E-state index contributed by atoms with van der Waals surface area (Å²) in [7, 11) is 0. The quantitative estimate of drug-likeness (QED) is 0.815. The Hall–Kier alpha value is -2.02. The topological polar surface area (TPSA) is 64.3 Å². The third-order valence-electron chi connectivity index (χ3n) is 2.87. The van der Waals surface area contributed by atoms with Crippen molar-refractivity contribution in [1.82, 2.24) is 0 Å². The number of rotatable bonds is 2. The molecule has 16 heavy (non-hydrogen) atoms. The number of hydrogen-bond donors (Lipinski definition) is 1. The number of carbonyl (C=O) groups is 1. The van der Waals surface area contributed by atoms with Crippen molar-refractivity contribution in [3.8, 4) is 6.07 Å². The fourth-order valence-corrected chi connectivity index (χ4v) is 2.13. The number of anilines is 1. The molecule has 1 aliphatic rings. The summed E-state index contributed by atoms with van der Waals surface area (Å²) in [5.41, 5.74) is 1.27. The maximum Gasteiger partial charge on any atom is 0.326 e. The first-order valence-electron chi connectivity index (χ1n) is 5.22. The van der Waals surface area contributed by atoms with Crippen LogP contribution in [0.25, 0.3) is 0 Å². The second-order valence-corrected chi connectivity index (χ2v) is 3.82. The first-order valence-corrected chi connectivity index (χ1v) is 5.22. The van der Waals surface area contributed by atoms with Gasteiger partial charge in [-0.15, -0.1) is 0 Å². The van der Waals surface area contributed by atoms with Crippen molar-refractivity contribution in [2.75, 3.05) is 11.4 Å². The third-order valence-corrected chi connectivity index (χ3v) is 2.87. The average Bonchev–Trinajstić information content (AvgIpc) is 2.77. The van der Waals surface area contributed by atoms with Crippen molar-refractivity contribution in [3.63, 3.8) is 0 Å². The molecule has 0 aliphatic carbocycles. The lowest BCUT2D eigenvalue weighted by Crippen LogP contribution is -2.36. The second-order valence-electron chi connectivity index (χ2n) is 3.82. The largest absolute Gasteiger partial charge is 0.480 e. The van der Waals surface area contributed by atoms with E-state index in [1.165, 1.54) is 0 Å². The van der Waals surface area contributed by atoms with Crippen LogP contribution >= 0.6 is 0 Å². The molecule has 1 atom stereocenters. The summed E-state index contributed by atoms with van der Waals surface area (Å²) in [6.07, 6.45) is 1.51. The maximum atomic E-state index is 11.1. The molecule has 0 radical (unpaired) electrons. The van der Waals surface area contributed by atoms with Gasteiger partial charge >= 0.3 is 5.97 Å². The number of carboxylic acids is 1. The number of benzene rings is 1. The molecule has 1 aliphatic heterocycles. The normalized spacial score (nSPS) is 19.4. The van der Waals surface area contributed by atoms with Crippen LogP contribution < -0.4 is 4.90 Å². The number of hydrogen-bond acceptors (Lipinski definition) is 3. The lowest BCUT2D eigenvalue weighted by molar-refractivity contribution is -0.138. The highest BCUT2D eigenvalue weighted by molar-refractivity contribution is 5.80. The van der Waals surface area contributed by atoms with Crippen LogP contribution in [0.2, 0.25) is 0 Å². The summed E-state index contributed by atoms with van der Waals surface area (Å²) in [5.74, 6) is -0.815. The molecule has 0 bridgehead atoms. The minimum atomic E-state index is -0.815. The molecule has 0 saturated carbocycles. The summed E-state index contributed by atoms with van der Waals surface area (Å²) >= 11 is 0. The molecule has 0 unspecified atom stereocenters. The zero-order valence-electron chi connectivity index (χ0n) is 8.76. The van der Waals surface area contributed by atoms with Gasteiger partial charge in [0.25, 0.3) is 0 Å². The smallest absolute Gasteiger partial charge is 0.326 e. The van der Waals surface area contributed by atoms with E-state index in [1.807, 2.05) is 6.07 Å². The molecule has 82 valence electrons. The number of carboxylic acid groups (broad SMARTS) is 1. The Bertz CT molecular complexity index is 451. The highest BCUT2D eigenvalue weighted by Crippen LogP contribution is 2.28. The van der Waals surface area contributed by atoms with Gasteiger partial charge in [-0.1, -0.05) is 12.1 Å². The van der Waals surface area contributed by atoms with Crippen LogP contribution in [-0.4, -0.2) is 23.7 Å². The standard InChI is InChI=1S/C12H12N2O2/c13-8-9-4-1-2-5-10(9)14-7-3-6-11(14)12(15)16/h1-2,4-5,11H,3,6-7H2,(H,15,16)/t11-/m0/s1. The fraction of sp³-hybridized carbons (Fsp3) is 0.333. The summed E-state index contributed by atoms with van der Waals surface area (Å²) < 4.78 is 0. The highest BCUT2D eigenvalue weighted by atomic mass is 16.4. The molecule has 1 fully saturated rings. The lowest BCUT2D eigenvalue weighted by Gasteiger charge is -2.24. The number of nitriles is 1. The van der Waals surface area contributed by atoms with Crippen molar-refractivity contribution in [3.05, 3.63) is 29.8 Å². The highest BCUT2D eigenvalue weighted by Gasteiger charge is 2.31. The van der Waals surface area contributed by atoms with Gasteiger partial charge in [0, 0.05) is 6.54 Å². The molecule has 1 saturated heterocycles. The van der Waals surface area contributed by atoms with Gasteiger partial charge in [0.1, 0.15) is 12.1 Å². The minimum Gasteiger partial charge on any atom is -0.480 e. The second kappa shape index (κ2) is 4.23. The molecule has 1 heterocycles. The van der Waals surface area contributed by atoms with Crippen LogP contribution in [0, 0.1) is 11.3 Å². The van der Waals surface area contributed by atoms with Gasteiger partial charge in [-0.05, 0) is 25.0 Å². The van der Waals surface area contributed by atoms with E-state index in [0.717, 1.165) is 12.1 Å². The fourth-order valence-electron chi connectivity index (χ4n) is 2.13. The Morgan fingerprint density at radius 3 is 2.94 bits per heavy atom. The van der Waals surface area contributed by atoms with Gasteiger partial charge in [0.15, 0.2) is 0 Å². The summed E-state index contributed by atoms with van der Waals surface area (Å²) in [6.45, 7) is 0.704. The number of para-hydroxylation sites is 1. The molecule has 2 rings (SSSR count). The number of aliphatic carboxylic acids is 1. The van der Waals surface area contributed by atoms with E-state index in [4.69, 9.17) is 10.4 Å². The van der Waals surface area contributed by atoms with Crippen LogP contribution in [0.3, 0.4) is 0 Å². The zero-order chi connectivity index (χ0) is 11.5. The zero-order valence-corrected chi connectivity index (χ0v) is 8.76. The van der Waals surface area contributed by atoms with Crippen LogP contribution in [0.4, 0.5) is 5.69 Å².